The number of hydrogen-bond donors (Lipinski definition) is 1. The molecule has 1 saturated heterocycles. The van der Waals surface area contributed by atoms with Crippen molar-refractivity contribution in [3.63, 3.8) is 0 Å². The van der Waals surface area contributed by atoms with Gasteiger partial charge in [-0.15, -0.1) is 0 Å². The molecule has 1 aliphatic heterocycles. The van der Waals surface area contributed by atoms with Gasteiger partial charge < -0.3 is 9.64 Å². The van der Waals surface area contributed by atoms with E-state index in [0.29, 0.717) is 35.0 Å². The molecular formula is C17H24Cl2N2O4S. The van der Waals surface area contributed by atoms with Gasteiger partial charge in [0, 0.05) is 34.7 Å². The molecule has 1 aliphatic rings. The minimum Gasteiger partial charge on any atom is -0.444 e. The lowest BCUT2D eigenvalue weighted by Gasteiger charge is -2.34. The predicted molar refractivity (Wildman–Crippen MR) is 103 cm³/mol. The third kappa shape index (κ3) is 6.30. The van der Waals surface area contributed by atoms with Gasteiger partial charge in [0.25, 0.3) is 0 Å². The topological polar surface area (TPSA) is 75.7 Å². The van der Waals surface area contributed by atoms with Crippen molar-refractivity contribution in [3.8, 4) is 0 Å². The highest BCUT2D eigenvalue weighted by Gasteiger charge is 2.30. The van der Waals surface area contributed by atoms with Gasteiger partial charge in [-0.2, -0.15) is 0 Å². The lowest BCUT2D eigenvalue weighted by Crippen LogP contribution is -2.50. The molecule has 1 atom stereocenters. The lowest BCUT2D eigenvalue weighted by atomic mass is 10.1. The summed E-state index contributed by atoms with van der Waals surface area (Å²) in [6, 6.07) is 4.49. The summed E-state index contributed by atoms with van der Waals surface area (Å²) in [4.78, 5) is 13.7. The second kappa shape index (κ2) is 8.33. The van der Waals surface area contributed by atoms with Gasteiger partial charge in [-0.05, 0) is 45.7 Å². The van der Waals surface area contributed by atoms with E-state index in [1.165, 1.54) is 4.90 Å². The number of piperidine rings is 1. The molecule has 9 heteroatoms. The Morgan fingerprint density at radius 1 is 1.31 bits per heavy atom. The smallest absolute Gasteiger partial charge is 0.410 e. The number of nitrogens with zero attached hydrogens (tertiary/aromatic N) is 1. The average Bonchev–Trinajstić information content (AvgIpc) is 2.49. The van der Waals surface area contributed by atoms with E-state index < -0.39 is 21.7 Å². The largest absolute Gasteiger partial charge is 0.444 e. The summed E-state index contributed by atoms with van der Waals surface area (Å²) in [5.41, 5.74) is -0.229. The second-order valence-electron chi connectivity index (χ2n) is 7.34. The molecule has 1 heterocycles. The van der Waals surface area contributed by atoms with Crippen LogP contribution in [0.2, 0.25) is 10.0 Å². The van der Waals surface area contributed by atoms with Crippen LogP contribution in [0.5, 0.6) is 0 Å². The molecule has 2 rings (SSSR count). The van der Waals surface area contributed by atoms with Crippen LogP contribution in [0, 0.1) is 0 Å². The molecule has 6 nitrogen and oxygen atoms in total. The molecule has 26 heavy (non-hydrogen) atoms. The zero-order valence-electron chi connectivity index (χ0n) is 15.1. The third-order valence-electron chi connectivity index (χ3n) is 3.82. The second-order valence-corrected chi connectivity index (χ2v) is 9.91. The molecule has 1 amide bonds. The summed E-state index contributed by atoms with van der Waals surface area (Å²) in [5.74, 6) is -0.311. The summed E-state index contributed by atoms with van der Waals surface area (Å²) in [5, 5.41) is 0.615. The number of halogens is 2. The van der Waals surface area contributed by atoms with E-state index in [1.807, 2.05) is 0 Å². The van der Waals surface area contributed by atoms with Crippen LogP contribution in [0.1, 0.15) is 39.2 Å². The van der Waals surface area contributed by atoms with E-state index in [0.717, 1.165) is 0 Å². The Balaban J connectivity index is 2.01. The highest BCUT2D eigenvalue weighted by Crippen LogP contribution is 2.26. The summed E-state index contributed by atoms with van der Waals surface area (Å²) >= 11 is 12.1. The van der Waals surface area contributed by atoms with Crippen LogP contribution in [-0.2, 0) is 20.5 Å². The van der Waals surface area contributed by atoms with Crippen LogP contribution in [-0.4, -0.2) is 44.1 Å². The van der Waals surface area contributed by atoms with Gasteiger partial charge in [-0.1, -0.05) is 29.3 Å². The molecule has 1 fully saturated rings. The summed E-state index contributed by atoms with van der Waals surface area (Å²) in [6.07, 6.45) is 0.907. The molecule has 1 N–H and O–H groups in total. The number of nitrogens with one attached hydrogen (secondary N) is 1. The molecule has 0 bridgehead atoms. The van der Waals surface area contributed by atoms with Crippen molar-refractivity contribution in [2.75, 3.05) is 13.1 Å². The van der Waals surface area contributed by atoms with Crippen molar-refractivity contribution in [2.24, 2.45) is 0 Å². The zero-order chi connectivity index (χ0) is 19.5. The highest BCUT2D eigenvalue weighted by atomic mass is 35.5. The number of carbonyl (C=O) groups excluding carboxylic acids is 1. The van der Waals surface area contributed by atoms with Crippen molar-refractivity contribution < 1.29 is 17.9 Å². The van der Waals surface area contributed by atoms with Gasteiger partial charge in [0.1, 0.15) is 5.60 Å². The van der Waals surface area contributed by atoms with Gasteiger partial charge in [0.2, 0.25) is 10.0 Å². The molecule has 146 valence electrons. The minimum absolute atomic E-state index is 0.268. The number of sulfonamides is 1. The first-order valence-electron chi connectivity index (χ1n) is 8.38. The maximum atomic E-state index is 12.5. The average molecular weight is 423 g/mol. The van der Waals surface area contributed by atoms with E-state index in [-0.39, 0.29) is 18.3 Å². The molecule has 0 spiro atoms. The van der Waals surface area contributed by atoms with Crippen molar-refractivity contribution in [1.29, 1.82) is 0 Å². The monoisotopic (exact) mass is 422 g/mol. The first-order chi connectivity index (χ1) is 12.0. The van der Waals surface area contributed by atoms with E-state index in [1.54, 1.807) is 39.0 Å². The Kier molecular flexibility index (Phi) is 6.82. The maximum absolute atomic E-state index is 12.5. The fourth-order valence-corrected chi connectivity index (χ4v) is 4.89. The minimum atomic E-state index is -3.66. The SMILES string of the molecule is CC(C)(C)OC(=O)N1CCCC(NS(=O)(=O)Cc2c(Cl)cccc2Cl)C1. The highest BCUT2D eigenvalue weighted by molar-refractivity contribution is 7.88. The zero-order valence-corrected chi connectivity index (χ0v) is 17.4. The first-order valence-corrected chi connectivity index (χ1v) is 10.8. The van der Waals surface area contributed by atoms with Crippen LogP contribution >= 0.6 is 23.2 Å². The van der Waals surface area contributed by atoms with Crippen molar-refractivity contribution in [2.45, 2.75) is 51.0 Å². The van der Waals surface area contributed by atoms with Crippen LogP contribution < -0.4 is 4.72 Å². The van der Waals surface area contributed by atoms with Gasteiger partial charge in [0.05, 0.1) is 5.75 Å². The third-order valence-corrected chi connectivity index (χ3v) is 5.88. The van der Waals surface area contributed by atoms with E-state index in [9.17, 15) is 13.2 Å². The molecule has 1 aromatic carbocycles. The Morgan fingerprint density at radius 2 is 1.92 bits per heavy atom. The molecule has 0 aromatic heterocycles. The maximum Gasteiger partial charge on any atom is 0.410 e. The van der Waals surface area contributed by atoms with Crippen LogP contribution in [0.3, 0.4) is 0 Å². The van der Waals surface area contributed by atoms with Crippen molar-refractivity contribution in [1.82, 2.24) is 9.62 Å². The normalized spacial score (nSPS) is 18.7. The molecule has 1 aromatic rings. The number of ether oxygens (including phenoxy) is 1. The number of likely N-dealkylation sites (tertiary alicyclic amines) is 1. The molecule has 0 radical (unpaired) electrons. The van der Waals surface area contributed by atoms with Crippen molar-refractivity contribution >= 4 is 39.3 Å². The fourth-order valence-electron chi connectivity index (χ4n) is 2.72. The molecule has 0 saturated carbocycles. The summed E-state index contributed by atoms with van der Waals surface area (Å²) in [6.45, 7) is 6.20. The Hall–Kier alpha value is -1.02. The van der Waals surface area contributed by atoms with Crippen LogP contribution in [0.15, 0.2) is 18.2 Å². The van der Waals surface area contributed by atoms with Gasteiger partial charge >= 0.3 is 6.09 Å². The molecule has 0 aliphatic carbocycles. The standard InChI is InChI=1S/C17H24Cl2N2O4S/c1-17(2,3)25-16(22)21-9-5-6-12(10-21)20-26(23,24)11-13-14(18)7-4-8-15(13)19/h4,7-8,12,20H,5-6,9-11H2,1-3H3. The number of amides is 1. The number of benzene rings is 1. The Bertz CT molecular complexity index is 742. The number of carbonyl (C=O) groups is 1. The molecule has 1 unspecified atom stereocenters. The number of hydrogen-bond acceptors (Lipinski definition) is 4. The van der Waals surface area contributed by atoms with Gasteiger partial charge in [0.15, 0.2) is 0 Å². The van der Waals surface area contributed by atoms with Gasteiger partial charge in [-0.25, -0.2) is 17.9 Å². The fraction of sp³-hybridized carbons (Fsp3) is 0.588. The van der Waals surface area contributed by atoms with Crippen LogP contribution in [0.4, 0.5) is 4.79 Å². The summed E-state index contributed by atoms with van der Waals surface area (Å²) in [7, 11) is -3.66. The Morgan fingerprint density at radius 3 is 2.50 bits per heavy atom. The molecular weight excluding hydrogens is 399 g/mol. The van der Waals surface area contributed by atoms with E-state index in [2.05, 4.69) is 4.72 Å². The van der Waals surface area contributed by atoms with Crippen molar-refractivity contribution in [3.05, 3.63) is 33.8 Å². The predicted octanol–water partition coefficient (Wildman–Crippen LogP) is 3.81. The quantitative estimate of drug-likeness (QED) is 0.799. The summed E-state index contributed by atoms with van der Waals surface area (Å²) < 4.78 is 33.0. The van der Waals surface area contributed by atoms with E-state index in [4.69, 9.17) is 27.9 Å². The Labute approximate surface area is 164 Å². The van der Waals surface area contributed by atoms with Crippen LogP contribution in [0.25, 0.3) is 0 Å². The van der Waals surface area contributed by atoms with Gasteiger partial charge in [-0.3, -0.25) is 0 Å². The first kappa shape index (κ1) is 21.3. The lowest BCUT2D eigenvalue weighted by molar-refractivity contribution is 0.0195. The number of rotatable bonds is 4. The van der Waals surface area contributed by atoms with E-state index >= 15 is 0 Å².